The highest BCUT2D eigenvalue weighted by Crippen LogP contribution is 2.32. The zero-order chi connectivity index (χ0) is 20.5. The lowest BCUT2D eigenvalue weighted by Crippen LogP contribution is -1.98. The van der Waals surface area contributed by atoms with E-state index in [-0.39, 0.29) is 0 Å². The van der Waals surface area contributed by atoms with Crippen molar-refractivity contribution in [1.29, 1.82) is 5.26 Å². The van der Waals surface area contributed by atoms with E-state index < -0.39 is 0 Å². The first-order chi connectivity index (χ1) is 13.9. The third-order valence-electron chi connectivity index (χ3n) is 4.89. The summed E-state index contributed by atoms with van der Waals surface area (Å²) in [5, 5.41) is 14.9. The van der Waals surface area contributed by atoms with E-state index in [4.69, 9.17) is 0 Å². The highest BCUT2D eigenvalue weighted by molar-refractivity contribution is 7.99. The Morgan fingerprint density at radius 1 is 1.07 bits per heavy atom. The Hall–Kier alpha value is -3.30. The molecule has 0 aliphatic heterocycles. The molecule has 0 bridgehead atoms. The van der Waals surface area contributed by atoms with Crippen molar-refractivity contribution in [1.82, 2.24) is 14.5 Å². The molecule has 29 heavy (non-hydrogen) atoms. The number of nitrogens with one attached hydrogen (secondary N) is 1. The number of rotatable bonds is 4. The number of aromatic nitrogens is 3. The molecule has 5 nitrogen and oxygen atoms in total. The predicted octanol–water partition coefficient (Wildman–Crippen LogP) is 5.66. The van der Waals surface area contributed by atoms with Gasteiger partial charge in [0, 0.05) is 35.4 Å². The fourth-order valence-corrected chi connectivity index (χ4v) is 4.09. The molecule has 2 aromatic heterocycles. The summed E-state index contributed by atoms with van der Waals surface area (Å²) in [4.78, 5) is 10.1. The molecule has 0 aliphatic carbocycles. The lowest BCUT2D eigenvalue weighted by Gasteiger charge is -2.13. The number of nitriles is 1. The number of hydrogen-bond donors (Lipinski definition) is 1. The minimum atomic E-state index is 0.530. The molecule has 4 aromatic rings. The summed E-state index contributed by atoms with van der Waals surface area (Å²) >= 11 is 1.63. The summed E-state index contributed by atoms with van der Waals surface area (Å²) in [5.41, 5.74) is 6.50. The van der Waals surface area contributed by atoms with Crippen LogP contribution < -0.4 is 5.32 Å². The van der Waals surface area contributed by atoms with Crippen molar-refractivity contribution in [3.8, 4) is 6.07 Å². The lowest BCUT2D eigenvalue weighted by atomic mass is 10.0. The molecule has 4 rings (SSSR count). The van der Waals surface area contributed by atoms with Gasteiger partial charge in [0.25, 0.3) is 0 Å². The number of pyridine rings is 1. The molecule has 144 valence electrons. The number of anilines is 2. The molecule has 1 N–H and O–H groups in total. The van der Waals surface area contributed by atoms with Crippen LogP contribution in [-0.2, 0) is 7.05 Å². The first-order valence-electron chi connectivity index (χ1n) is 9.29. The highest BCUT2D eigenvalue weighted by atomic mass is 32.2. The van der Waals surface area contributed by atoms with Gasteiger partial charge < -0.3 is 9.88 Å². The number of imidazole rings is 1. The number of aryl methyl sites for hydroxylation is 4. The van der Waals surface area contributed by atoms with E-state index in [2.05, 4.69) is 59.5 Å². The molecule has 2 aromatic carbocycles. The van der Waals surface area contributed by atoms with E-state index in [1.165, 1.54) is 11.1 Å². The van der Waals surface area contributed by atoms with E-state index in [1.54, 1.807) is 18.0 Å². The third-order valence-corrected chi connectivity index (χ3v) is 5.96. The Kier molecular flexibility index (Phi) is 4.99. The molecule has 0 aliphatic rings. The van der Waals surface area contributed by atoms with Gasteiger partial charge in [0.2, 0.25) is 0 Å². The Bertz CT molecular complexity index is 1250. The van der Waals surface area contributed by atoms with Crippen molar-refractivity contribution in [2.24, 2.45) is 7.05 Å². The van der Waals surface area contributed by atoms with Gasteiger partial charge >= 0.3 is 0 Å². The van der Waals surface area contributed by atoms with Gasteiger partial charge in [0.1, 0.15) is 6.07 Å². The number of fused-ring (bicyclic) bond motifs is 1. The van der Waals surface area contributed by atoms with E-state index in [9.17, 15) is 5.26 Å². The van der Waals surface area contributed by atoms with Gasteiger partial charge in [-0.3, -0.25) is 4.98 Å². The van der Waals surface area contributed by atoms with Crippen LogP contribution in [0.1, 0.15) is 22.4 Å². The monoisotopic (exact) mass is 399 g/mol. The van der Waals surface area contributed by atoms with Crippen molar-refractivity contribution < 1.29 is 0 Å². The van der Waals surface area contributed by atoms with Crippen LogP contribution in [0.4, 0.5) is 11.4 Å². The van der Waals surface area contributed by atoms with E-state index in [1.807, 2.05) is 36.9 Å². The zero-order valence-corrected chi connectivity index (χ0v) is 17.6. The topological polar surface area (TPSA) is 66.5 Å². The molecule has 0 atom stereocenters. The van der Waals surface area contributed by atoms with Gasteiger partial charge in [-0.05, 0) is 68.3 Å². The third kappa shape index (κ3) is 3.82. The van der Waals surface area contributed by atoms with Crippen LogP contribution >= 0.6 is 11.8 Å². The Balaban J connectivity index is 1.65. The Morgan fingerprint density at radius 3 is 2.45 bits per heavy atom. The minimum absolute atomic E-state index is 0.530. The second kappa shape index (κ2) is 7.61. The average Bonchev–Trinajstić information content (AvgIpc) is 3.01. The van der Waals surface area contributed by atoms with E-state index in [0.717, 1.165) is 38.0 Å². The maximum atomic E-state index is 9.57. The fraction of sp³-hybridized carbons (Fsp3) is 0.174. The first-order valence-corrected chi connectivity index (χ1v) is 10.1. The summed E-state index contributed by atoms with van der Waals surface area (Å²) < 4.78 is 2.03. The molecular formula is C23H21N5S. The van der Waals surface area contributed by atoms with Crippen LogP contribution in [-0.4, -0.2) is 14.5 Å². The molecule has 6 heteroatoms. The number of hydrogen-bond acceptors (Lipinski definition) is 5. The smallest absolute Gasteiger partial charge is 0.172 e. The summed E-state index contributed by atoms with van der Waals surface area (Å²) in [6, 6.07) is 14.6. The number of benzene rings is 2. The van der Waals surface area contributed by atoms with Gasteiger partial charge in [-0.1, -0.05) is 11.8 Å². The van der Waals surface area contributed by atoms with Gasteiger partial charge in [-0.2, -0.15) is 5.26 Å². The molecule has 0 fully saturated rings. The molecule has 0 unspecified atom stereocenters. The number of nitrogens with zero attached hydrogens (tertiary/aromatic N) is 4. The molecule has 0 saturated carbocycles. The molecule has 0 spiro atoms. The quantitative estimate of drug-likeness (QED) is 0.480. The van der Waals surface area contributed by atoms with Crippen LogP contribution in [0.5, 0.6) is 0 Å². The lowest BCUT2D eigenvalue weighted by molar-refractivity contribution is 0.790. The molecule has 0 amide bonds. The van der Waals surface area contributed by atoms with Crippen molar-refractivity contribution in [2.75, 3.05) is 5.32 Å². The standard InChI is InChI=1S/C23H21N5S/c1-14-9-20-21(10-15(14)2)25-12-17(11-24)22(20)27-18-5-7-19(8-6-18)29-23-26-16(3)13-28(23)4/h5-10,12-13H,1-4H3,(H,25,27). The summed E-state index contributed by atoms with van der Waals surface area (Å²) in [7, 11) is 2.00. The summed E-state index contributed by atoms with van der Waals surface area (Å²) in [5.74, 6) is 0. The summed E-state index contributed by atoms with van der Waals surface area (Å²) in [6.07, 6.45) is 3.65. The van der Waals surface area contributed by atoms with E-state index in [0.29, 0.717) is 5.56 Å². The second-order valence-electron chi connectivity index (χ2n) is 7.14. The van der Waals surface area contributed by atoms with Crippen LogP contribution in [0.25, 0.3) is 10.9 Å². The van der Waals surface area contributed by atoms with Crippen LogP contribution in [0.2, 0.25) is 0 Å². The first kappa shape index (κ1) is 19.0. The van der Waals surface area contributed by atoms with Gasteiger partial charge in [-0.15, -0.1) is 0 Å². The van der Waals surface area contributed by atoms with E-state index >= 15 is 0 Å². The Morgan fingerprint density at radius 2 is 1.79 bits per heavy atom. The van der Waals surface area contributed by atoms with Crippen molar-refractivity contribution in [3.05, 3.63) is 71.2 Å². The normalized spacial score (nSPS) is 10.9. The molecule has 2 heterocycles. The van der Waals surface area contributed by atoms with Gasteiger partial charge in [-0.25, -0.2) is 4.98 Å². The van der Waals surface area contributed by atoms with Crippen molar-refractivity contribution in [3.63, 3.8) is 0 Å². The van der Waals surface area contributed by atoms with Crippen molar-refractivity contribution in [2.45, 2.75) is 30.8 Å². The van der Waals surface area contributed by atoms with Crippen molar-refractivity contribution >= 4 is 34.0 Å². The fourth-order valence-electron chi connectivity index (χ4n) is 3.22. The maximum absolute atomic E-state index is 9.57. The molecule has 0 radical (unpaired) electrons. The van der Waals surface area contributed by atoms with Gasteiger partial charge in [0.15, 0.2) is 5.16 Å². The zero-order valence-electron chi connectivity index (χ0n) is 16.8. The predicted molar refractivity (Wildman–Crippen MR) is 118 cm³/mol. The maximum Gasteiger partial charge on any atom is 0.172 e. The van der Waals surface area contributed by atoms with Crippen LogP contribution in [0.15, 0.2) is 58.8 Å². The minimum Gasteiger partial charge on any atom is -0.354 e. The van der Waals surface area contributed by atoms with Gasteiger partial charge in [0.05, 0.1) is 22.5 Å². The van der Waals surface area contributed by atoms with Crippen LogP contribution in [0, 0.1) is 32.1 Å². The van der Waals surface area contributed by atoms with Crippen LogP contribution in [0.3, 0.4) is 0 Å². The SMILES string of the molecule is Cc1cn(C)c(Sc2ccc(Nc3c(C#N)cnc4cc(C)c(C)cc34)cc2)n1. The largest absolute Gasteiger partial charge is 0.354 e. The Labute approximate surface area is 174 Å². The molecule has 0 saturated heterocycles. The highest BCUT2D eigenvalue weighted by Gasteiger charge is 2.11. The second-order valence-corrected chi connectivity index (χ2v) is 8.18. The average molecular weight is 400 g/mol. The summed E-state index contributed by atoms with van der Waals surface area (Å²) in [6.45, 7) is 6.14. The molecular weight excluding hydrogens is 378 g/mol.